The van der Waals surface area contributed by atoms with Crippen LogP contribution in [0.25, 0.3) is 16.7 Å². The molecular weight excluding hydrogens is 343 g/mol. The van der Waals surface area contributed by atoms with Crippen LogP contribution in [0.2, 0.25) is 0 Å². The van der Waals surface area contributed by atoms with E-state index in [9.17, 15) is 9.18 Å². The van der Waals surface area contributed by atoms with E-state index in [1.54, 1.807) is 6.07 Å². The fraction of sp³-hybridized carbons (Fsp3) is 0.286. The second-order valence-electron chi connectivity index (χ2n) is 7.11. The van der Waals surface area contributed by atoms with Crippen LogP contribution in [0.4, 0.5) is 4.39 Å². The van der Waals surface area contributed by atoms with Gasteiger partial charge in [0.2, 0.25) is 0 Å². The number of aryl methyl sites for hydroxylation is 1. The highest BCUT2D eigenvalue weighted by atomic mass is 19.1. The monoisotopic (exact) mass is 366 g/mol. The summed E-state index contributed by atoms with van der Waals surface area (Å²) in [5, 5.41) is 9.37. The Bertz CT molecular complexity index is 912. The summed E-state index contributed by atoms with van der Waals surface area (Å²) in [6.45, 7) is 4.07. The summed E-state index contributed by atoms with van der Waals surface area (Å²) in [6, 6.07) is 10.8. The molecule has 140 valence electrons. The van der Waals surface area contributed by atoms with Gasteiger partial charge >= 0.3 is 0 Å². The van der Waals surface area contributed by atoms with E-state index in [1.807, 2.05) is 31.2 Å². The lowest BCUT2D eigenvalue weighted by molar-refractivity contribution is -0.116. The van der Waals surface area contributed by atoms with Crippen molar-refractivity contribution in [3.63, 3.8) is 0 Å². The lowest BCUT2D eigenvalue weighted by atomic mass is 9.91. The van der Waals surface area contributed by atoms with E-state index in [4.69, 9.17) is 5.73 Å². The second kappa shape index (κ2) is 7.04. The van der Waals surface area contributed by atoms with E-state index in [0.717, 1.165) is 41.8 Å². The average molecular weight is 366 g/mol. The normalized spacial score (nSPS) is 18.8. The van der Waals surface area contributed by atoms with Gasteiger partial charge in [0.1, 0.15) is 11.6 Å². The maximum absolute atomic E-state index is 14.3. The molecule has 2 aromatic rings. The largest absolute Gasteiger partial charge is 0.385 e. The van der Waals surface area contributed by atoms with E-state index in [2.05, 4.69) is 16.0 Å². The van der Waals surface area contributed by atoms with E-state index < -0.39 is 0 Å². The zero-order chi connectivity index (χ0) is 19.0. The predicted octanol–water partition coefficient (Wildman–Crippen LogP) is 2.01. The molecule has 2 heterocycles. The number of nitrogens with one attached hydrogen (secondary N) is 3. The first kappa shape index (κ1) is 17.5. The minimum atomic E-state index is -0.250. The third kappa shape index (κ3) is 3.28. The summed E-state index contributed by atoms with van der Waals surface area (Å²) in [4.78, 5) is 12.8. The van der Waals surface area contributed by atoms with Crippen molar-refractivity contribution in [3.05, 3.63) is 64.7 Å². The van der Waals surface area contributed by atoms with Gasteiger partial charge < -0.3 is 21.7 Å². The minimum Gasteiger partial charge on any atom is -0.385 e. The van der Waals surface area contributed by atoms with Crippen LogP contribution >= 0.6 is 0 Å². The molecule has 0 bridgehead atoms. The summed E-state index contributed by atoms with van der Waals surface area (Å²) < 4.78 is 14.3. The molecule has 1 saturated heterocycles. The van der Waals surface area contributed by atoms with Crippen molar-refractivity contribution >= 4 is 11.5 Å². The highest BCUT2D eigenvalue weighted by Gasteiger charge is 2.26. The highest BCUT2D eigenvalue weighted by molar-refractivity contribution is 6.21. The van der Waals surface area contributed by atoms with Crippen LogP contribution in [0.15, 0.2) is 42.2 Å². The first-order valence-corrected chi connectivity index (χ1v) is 9.18. The molecule has 0 aromatic heterocycles. The Morgan fingerprint density at radius 3 is 2.89 bits per heavy atom. The van der Waals surface area contributed by atoms with Gasteiger partial charge in [-0.05, 0) is 54.3 Å². The van der Waals surface area contributed by atoms with Gasteiger partial charge in [0, 0.05) is 24.7 Å². The number of carbonyl (C=O) groups is 1. The molecule has 0 radical (unpaired) electrons. The molecule has 5 nitrogen and oxygen atoms in total. The third-order valence-electron chi connectivity index (χ3n) is 5.25. The summed E-state index contributed by atoms with van der Waals surface area (Å²) in [5.41, 5.74) is 10.5. The summed E-state index contributed by atoms with van der Waals surface area (Å²) in [5.74, 6) is -0.0503. The fourth-order valence-corrected chi connectivity index (χ4v) is 3.84. The van der Waals surface area contributed by atoms with Crippen LogP contribution in [-0.2, 0) is 11.3 Å². The molecule has 1 atom stereocenters. The average Bonchev–Trinajstić information content (AvgIpc) is 3.14. The molecule has 2 aromatic carbocycles. The number of amides is 1. The number of hydrogen-bond acceptors (Lipinski definition) is 4. The molecule has 6 heteroatoms. The Labute approximate surface area is 157 Å². The number of fused-ring (bicyclic) bond motifs is 1. The smallest absolute Gasteiger partial charge is 0.255 e. The summed E-state index contributed by atoms with van der Waals surface area (Å²) in [6.07, 6.45) is 0.907. The summed E-state index contributed by atoms with van der Waals surface area (Å²) in [7, 11) is 0. The molecule has 2 aliphatic heterocycles. The molecule has 27 heavy (non-hydrogen) atoms. The maximum atomic E-state index is 14.3. The molecule has 1 amide bonds. The Balaban J connectivity index is 1.69. The van der Waals surface area contributed by atoms with Crippen molar-refractivity contribution < 1.29 is 9.18 Å². The molecule has 5 N–H and O–H groups in total. The van der Waals surface area contributed by atoms with Gasteiger partial charge in [-0.25, -0.2) is 4.39 Å². The maximum Gasteiger partial charge on any atom is 0.255 e. The Hall–Kier alpha value is -2.86. The molecule has 1 fully saturated rings. The molecular formula is C21H23FN4O. The van der Waals surface area contributed by atoms with Crippen molar-refractivity contribution in [1.29, 1.82) is 0 Å². The Morgan fingerprint density at radius 1 is 1.30 bits per heavy atom. The van der Waals surface area contributed by atoms with Gasteiger partial charge in [-0.15, -0.1) is 0 Å². The van der Waals surface area contributed by atoms with Crippen LogP contribution in [0.5, 0.6) is 0 Å². The number of halogens is 1. The van der Waals surface area contributed by atoms with E-state index >= 15 is 0 Å². The zero-order valence-electron chi connectivity index (χ0n) is 15.2. The zero-order valence-corrected chi connectivity index (χ0v) is 15.2. The van der Waals surface area contributed by atoms with Crippen molar-refractivity contribution in [2.75, 3.05) is 13.1 Å². The van der Waals surface area contributed by atoms with Crippen molar-refractivity contribution in [3.8, 4) is 11.1 Å². The predicted molar refractivity (Wildman–Crippen MR) is 104 cm³/mol. The van der Waals surface area contributed by atoms with Gasteiger partial charge in [-0.3, -0.25) is 4.79 Å². The first-order chi connectivity index (χ1) is 13.0. The van der Waals surface area contributed by atoms with Gasteiger partial charge in [-0.2, -0.15) is 0 Å². The van der Waals surface area contributed by atoms with Gasteiger partial charge in [0.25, 0.3) is 5.91 Å². The number of nitrogens with two attached hydrogens (primary N) is 1. The minimum absolute atomic E-state index is 0.114. The standard InChI is InChI=1S/C21H23FN4O/c1-12-3-2-4-17(22)18(12)13-5-6-16-14(9-13)10-25-20(23)19(16)21(27)26-15-7-8-24-11-15/h2-6,9,15,24-25H,7-8,10-11,23H2,1H3,(H,26,27). The molecule has 4 rings (SSSR count). The van der Waals surface area contributed by atoms with E-state index in [1.165, 1.54) is 6.07 Å². The van der Waals surface area contributed by atoms with E-state index in [0.29, 0.717) is 23.5 Å². The van der Waals surface area contributed by atoms with Crippen molar-refractivity contribution in [1.82, 2.24) is 16.0 Å². The lowest BCUT2D eigenvalue weighted by Crippen LogP contribution is -2.40. The SMILES string of the molecule is Cc1cccc(F)c1-c1ccc2c(c1)CNC(N)=C2C(=O)NC1CCNC1. The van der Waals surface area contributed by atoms with Crippen LogP contribution in [-0.4, -0.2) is 25.0 Å². The molecule has 0 saturated carbocycles. The first-order valence-electron chi connectivity index (χ1n) is 9.18. The molecule has 2 aliphatic rings. The topological polar surface area (TPSA) is 79.2 Å². The van der Waals surface area contributed by atoms with Gasteiger partial charge in [0.15, 0.2) is 0 Å². The second-order valence-corrected chi connectivity index (χ2v) is 7.11. The number of carbonyl (C=O) groups excluding carboxylic acids is 1. The molecule has 1 unspecified atom stereocenters. The molecule has 0 aliphatic carbocycles. The summed E-state index contributed by atoms with van der Waals surface area (Å²) >= 11 is 0. The Kier molecular flexibility index (Phi) is 4.58. The van der Waals surface area contributed by atoms with Crippen LogP contribution in [0, 0.1) is 12.7 Å². The van der Waals surface area contributed by atoms with Gasteiger partial charge in [-0.1, -0.05) is 24.3 Å². The Morgan fingerprint density at radius 2 is 2.15 bits per heavy atom. The van der Waals surface area contributed by atoms with Crippen LogP contribution in [0.3, 0.4) is 0 Å². The van der Waals surface area contributed by atoms with Crippen LogP contribution < -0.4 is 21.7 Å². The van der Waals surface area contributed by atoms with Crippen molar-refractivity contribution in [2.24, 2.45) is 5.73 Å². The van der Waals surface area contributed by atoms with Crippen molar-refractivity contribution in [2.45, 2.75) is 25.9 Å². The quantitative estimate of drug-likeness (QED) is 0.670. The highest BCUT2D eigenvalue weighted by Crippen LogP contribution is 2.32. The van der Waals surface area contributed by atoms with E-state index in [-0.39, 0.29) is 17.8 Å². The fourth-order valence-electron chi connectivity index (χ4n) is 3.84. The molecule has 0 spiro atoms. The van der Waals surface area contributed by atoms with Gasteiger partial charge in [0.05, 0.1) is 5.57 Å². The number of benzene rings is 2. The van der Waals surface area contributed by atoms with Crippen LogP contribution in [0.1, 0.15) is 23.1 Å². The third-order valence-corrected chi connectivity index (χ3v) is 5.25. The number of hydrogen-bond donors (Lipinski definition) is 4. The number of rotatable bonds is 3. The lowest BCUT2D eigenvalue weighted by Gasteiger charge is -2.24.